The van der Waals surface area contributed by atoms with Gasteiger partial charge in [0.1, 0.15) is 5.75 Å². The Hall–Kier alpha value is -2.91. The zero-order valence-electron chi connectivity index (χ0n) is 12.9. The van der Waals surface area contributed by atoms with E-state index in [1.165, 1.54) is 24.3 Å². The Morgan fingerprint density at radius 1 is 0.923 bits per heavy atom. The SMILES string of the molecule is O=C(CNc1cccc(C(F)(F)F)c1)Nc1cccc(OC(F)(F)F)c1. The van der Waals surface area contributed by atoms with Gasteiger partial charge in [0.15, 0.2) is 0 Å². The molecule has 0 aromatic heterocycles. The van der Waals surface area contributed by atoms with Crippen molar-refractivity contribution in [1.29, 1.82) is 0 Å². The number of ether oxygens (including phenoxy) is 1. The van der Waals surface area contributed by atoms with Gasteiger partial charge in [-0.1, -0.05) is 12.1 Å². The van der Waals surface area contributed by atoms with Gasteiger partial charge >= 0.3 is 12.5 Å². The maximum Gasteiger partial charge on any atom is 0.573 e. The summed E-state index contributed by atoms with van der Waals surface area (Å²) in [5.74, 6) is -1.17. The molecule has 0 saturated carbocycles. The van der Waals surface area contributed by atoms with E-state index < -0.39 is 29.8 Å². The number of rotatable bonds is 5. The number of alkyl halides is 6. The van der Waals surface area contributed by atoms with Crippen LogP contribution in [-0.2, 0) is 11.0 Å². The highest BCUT2D eigenvalue weighted by Gasteiger charge is 2.31. The fraction of sp³-hybridized carbons (Fsp3) is 0.188. The molecule has 0 unspecified atom stereocenters. The summed E-state index contributed by atoms with van der Waals surface area (Å²) in [5, 5.41) is 4.82. The van der Waals surface area contributed by atoms with Gasteiger partial charge in [-0.15, -0.1) is 13.2 Å². The summed E-state index contributed by atoms with van der Waals surface area (Å²) in [6.07, 6.45) is -9.38. The van der Waals surface area contributed by atoms with Crippen LogP contribution in [0.1, 0.15) is 5.56 Å². The lowest BCUT2D eigenvalue weighted by molar-refractivity contribution is -0.274. The van der Waals surface area contributed by atoms with E-state index in [0.717, 1.165) is 24.3 Å². The Morgan fingerprint density at radius 2 is 1.58 bits per heavy atom. The molecule has 26 heavy (non-hydrogen) atoms. The molecule has 140 valence electrons. The first-order valence-electron chi connectivity index (χ1n) is 7.10. The van der Waals surface area contributed by atoms with Crippen molar-refractivity contribution in [3.8, 4) is 5.75 Å². The molecule has 0 radical (unpaired) electrons. The molecule has 2 N–H and O–H groups in total. The van der Waals surface area contributed by atoms with Crippen LogP contribution < -0.4 is 15.4 Å². The second kappa shape index (κ2) is 7.54. The number of anilines is 2. The first kappa shape index (κ1) is 19.4. The van der Waals surface area contributed by atoms with E-state index in [0.29, 0.717) is 0 Å². The molecule has 0 saturated heterocycles. The quantitative estimate of drug-likeness (QED) is 0.745. The molecule has 0 fully saturated rings. The monoisotopic (exact) mass is 378 g/mol. The molecule has 2 aromatic rings. The van der Waals surface area contributed by atoms with E-state index in [9.17, 15) is 31.1 Å². The summed E-state index contributed by atoms with van der Waals surface area (Å²) >= 11 is 0. The zero-order valence-corrected chi connectivity index (χ0v) is 12.9. The van der Waals surface area contributed by atoms with Crippen LogP contribution in [0.15, 0.2) is 48.5 Å². The molecule has 4 nitrogen and oxygen atoms in total. The average Bonchev–Trinajstić information content (AvgIpc) is 2.51. The van der Waals surface area contributed by atoms with Gasteiger partial charge in [0, 0.05) is 17.4 Å². The second-order valence-electron chi connectivity index (χ2n) is 5.06. The number of carbonyl (C=O) groups is 1. The molecule has 1 amide bonds. The molecule has 2 aromatic carbocycles. The third-order valence-electron chi connectivity index (χ3n) is 2.99. The molecule has 0 aliphatic heterocycles. The zero-order chi connectivity index (χ0) is 19.4. The molecule has 0 bridgehead atoms. The van der Waals surface area contributed by atoms with Crippen LogP contribution in [0.4, 0.5) is 37.7 Å². The van der Waals surface area contributed by atoms with Crippen molar-refractivity contribution in [2.45, 2.75) is 12.5 Å². The molecule has 0 aliphatic rings. The van der Waals surface area contributed by atoms with E-state index in [4.69, 9.17) is 0 Å². The fourth-order valence-corrected chi connectivity index (χ4v) is 1.96. The average molecular weight is 378 g/mol. The standard InChI is InChI=1S/C16H12F6N2O2/c17-15(18,19)10-3-1-4-11(7-10)23-9-14(25)24-12-5-2-6-13(8-12)26-16(20,21)22/h1-8,23H,9H2,(H,24,25). The van der Waals surface area contributed by atoms with Crippen LogP contribution in [0, 0.1) is 0 Å². The molecular formula is C16H12F6N2O2. The van der Waals surface area contributed by atoms with Crippen LogP contribution >= 0.6 is 0 Å². The third-order valence-corrected chi connectivity index (χ3v) is 2.99. The highest BCUT2D eigenvalue weighted by Crippen LogP contribution is 2.30. The minimum absolute atomic E-state index is 0.0441. The Balaban J connectivity index is 1.94. The number of hydrogen-bond acceptors (Lipinski definition) is 3. The molecular weight excluding hydrogens is 366 g/mol. The van der Waals surface area contributed by atoms with Gasteiger partial charge in [0.25, 0.3) is 0 Å². The summed E-state index contributed by atoms with van der Waals surface area (Å²) in [6, 6.07) is 8.87. The summed E-state index contributed by atoms with van der Waals surface area (Å²) < 4.78 is 78.0. The number of halogens is 6. The Morgan fingerprint density at radius 3 is 2.23 bits per heavy atom. The number of carbonyl (C=O) groups excluding carboxylic acids is 1. The van der Waals surface area contributed by atoms with Crippen molar-refractivity contribution in [3.05, 3.63) is 54.1 Å². The lowest BCUT2D eigenvalue weighted by Gasteiger charge is -2.12. The number of hydrogen-bond donors (Lipinski definition) is 2. The van der Waals surface area contributed by atoms with Crippen molar-refractivity contribution in [1.82, 2.24) is 0 Å². The Labute approximate surface area is 143 Å². The molecule has 0 atom stereocenters. The van der Waals surface area contributed by atoms with E-state index in [1.54, 1.807) is 0 Å². The normalized spacial score (nSPS) is 11.8. The van der Waals surface area contributed by atoms with Crippen molar-refractivity contribution >= 4 is 17.3 Å². The van der Waals surface area contributed by atoms with Gasteiger partial charge in [0.2, 0.25) is 5.91 Å². The highest BCUT2D eigenvalue weighted by atomic mass is 19.4. The lowest BCUT2D eigenvalue weighted by atomic mass is 10.2. The van der Waals surface area contributed by atoms with Crippen molar-refractivity contribution in [2.75, 3.05) is 17.2 Å². The Bertz CT molecular complexity index is 774. The highest BCUT2D eigenvalue weighted by molar-refractivity contribution is 5.93. The van der Waals surface area contributed by atoms with Gasteiger partial charge in [-0.3, -0.25) is 4.79 Å². The summed E-state index contributed by atoms with van der Waals surface area (Å²) in [5.41, 5.74) is -0.758. The van der Waals surface area contributed by atoms with Crippen molar-refractivity contribution in [2.24, 2.45) is 0 Å². The lowest BCUT2D eigenvalue weighted by Crippen LogP contribution is -2.22. The fourth-order valence-electron chi connectivity index (χ4n) is 1.96. The van der Waals surface area contributed by atoms with Crippen molar-refractivity contribution < 1.29 is 35.9 Å². The van der Waals surface area contributed by atoms with Crippen LogP contribution in [-0.4, -0.2) is 18.8 Å². The Kier molecular flexibility index (Phi) is 5.63. The van der Waals surface area contributed by atoms with Crippen molar-refractivity contribution in [3.63, 3.8) is 0 Å². The van der Waals surface area contributed by atoms with E-state index in [-0.39, 0.29) is 17.9 Å². The first-order valence-corrected chi connectivity index (χ1v) is 7.10. The molecule has 2 rings (SSSR count). The van der Waals surface area contributed by atoms with E-state index in [2.05, 4.69) is 15.4 Å². The summed E-state index contributed by atoms with van der Waals surface area (Å²) in [6.45, 7) is -0.383. The van der Waals surface area contributed by atoms with Gasteiger partial charge in [-0.05, 0) is 30.3 Å². The number of benzene rings is 2. The first-order chi connectivity index (χ1) is 12.0. The van der Waals surface area contributed by atoms with Crippen LogP contribution in [0.5, 0.6) is 5.75 Å². The smallest absolute Gasteiger partial charge is 0.406 e. The largest absolute Gasteiger partial charge is 0.573 e. The summed E-state index contributed by atoms with van der Waals surface area (Å²) in [7, 11) is 0. The molecule has 10 heteroatoms. The number of nitrogens with one attached hydrogen (secondary N) is 2. The maximum atomic E-state index is 12.6. The van der Waals surface area contributed by atoms with E-state index >= 15 is 0 Å². The van der Waals surface area contributed by atoms with Gasteiger partial charge in [0.05, 0.1) is 12.1 Å². The van der Waals surface area contributed by atoms with Crippen LogP contribution in [0.25, 0.3) is 0 Å². The predicted octanol–water partition coefficient (Wildman–Crippen LogP) is 4.65. The van der Waals surface area contributed by atoms with Crippen LogP contribution in [0.3, 0.4) is 0 Å². The van der Waals surface area contributed by atoms with Gasteiger partial charge in [-0.2, -0.15) is 13.2 Å². The molecule has 0 aliphatic carbocycles. The second-order valence-corrected chi connectivity index (χ2v) is 5.06. The maximum absolute atomic E-state index is 12.6. The predicted molar refractivity (Wildman–Crippen MR) is 81.7 cm³/mol. The molecule has 0 heterocycles. The molecule has 0 spiro atoms. The van der Waals surface area contributed by atoms with Crippen LogP contribution in [0.2, 0.25) is 0 Å². The topological polar surface area (TPSA) is 50.4 Å². The van der Waals surface area contributed by atoms with Gasteiger partial charge < -0.3 is 15.4 Å². The van der Waals surface area contributed by atoms with Gasteiger partial charge in [-0.25, -0.2) is 0 Å². The van der Waals surface area contributed by atoms with E-state index in [1.807, 2.05) is 0 Å². The summed E-state index contributed by atoms with van der Waals surface area (Å²) in [4.78, 5) is 11.8. The minimum Gasteiger partial charge on any atom is -0.406 e. The number of amides is 1. The minimum atomic E-state index is -4.87. The third kappa shape index (κ3) is 6.19.